The SMILES string of the molecule is CC(C)[C@H](NC(=O)OCc1cncs1)C(=O)N[C@@H](Cc1ccccc1)[C@H](O)CN1CCN(Cc2ccccc2)C[C@H]1C(=O)NC(C)(C)C. The fraction of sp³-hybridized carbons (Fsp3) is 0.500. The van der Waals surface area contributed by atoms with Gasteiger partial charge in [-0.1, -0.05) is 74.5 Å². The van der Waals surface area contributed by atoms with Crippen LogP contribution in [0, 0.1) is 5.92 Å². The number of hydrogen-bond acceptors (Lipinski definition) is 9. The molecule has 11 nitrogen and oxygen atoms in total. The Kier molecular flexibility index (Phi) is 13.5. The number of hydrogen-bond donors (Lipinski definition) is 4. The second-order valence-electron chi connectivity index (χ2n) is 13.8. The minimum absolute atomic E-state index is 0.0564. The van der Waals surface area contributed by atoms with Crippen LogP contribution < -0.4 is 16.0 Å². The maximum atomic E-state index is 13.7. The molecule has 3 amide bonds. The monoisotopic (exact) mass is 678 g/mol. The van der Waals surface area contributed by atoms with Crippen LogP contribution in [0.2, 0.25) is 0 Å². The molecule has 4 atom stereocenters. The average molecular weight is 679 g/mol. The third-order valence-electron chi connectivity index (χ3n) is 8.19. The number of aromatic nitrogens is 1. The number of aliphatic hydroxyl groups is 1. The molecule has 2 aromatic carbocycles. The highest BCUT2D eigenvalue weighted by atomic mass is 32.1. The van der Waals surface area contributed by atoms with Gasteiger partial charge in [0.2, 0.25) is 11.8 Å². The molecule has 1 aliphatic rings. The van der Waals surface area contributed by atoms with Crippen LogP contribution in [0.5, 0.6) is 0 Å². The standard InChI is InChI=1S/C36H50N6O5S/c1-25(2)32(39-35(46)47-23-28-19-37-24-48-28)34(45)38-29(18-26-12-8-6-9-13-26)31(43)22-42-17-16-41(20-27-14-10-7-11-15-27)21-30(42)33(44)40-36(3,4)5/h6-15,19,24-25,29-32,43H,16-18,20-23H2,1-5H3,(H,38,45)(H,39,46)(H,40,44)/t29-,30-,31+,32-/m0/s1. The summed E-state index contributed by atoms with van der Waals surface area (Å²) in [6.07, 6.45) is 0.270. The maximum absolute atomic E-state index is 13.7. The minimum Gasteiger partial charge on any atom is -0.444 e. The molecule has 1 fully saturated rings. The Hall–Kier alpha value is -3.84. The largest absolute Gasteiger partial charge is 0.444 e. The topological polar surface area (TPSA) is 136 Å². The van der Waals surface area contributed by atoms with Gasteiger partial charge < -0.3 is 25.8 Å². The van der Waals surface area contributed by atoms with Gasteiger partial charge in [-0.25, -0.2) is 4.79 Å². The number of ether oxygens (including phenoxy) is 1. The predicted molar refractivity (Wildman–Crippen MR) is 187 cm³/mol. The highest BCUT2D eigenvalue weighted by Gasteiger charge is 2.37. The summed E-state index contributed by atoms with van der Waals surface area (Å²) in [5.41, 5.74) is 3.35. The van der Waals surface area contributed by atoms with Crippen molar-refractivity contribution in [2.45, 2.75) is 84.0 Å². The average Bonchev–Trinajstić information content (AvgIpc) is 3.57. The summed E-state index contributed by atoms with van der Waals surface area (Å²) in [6.45, 7) is 12.3. The number of carbonyl (C=O) groups is 3. The molecule has 4 rings (SSSR count). The van der Waals surface area contributed by atoms with Crippen molar-refractivity contribution in [3.05, 3.63) is 88.4 Å². The summed E-state index contributed by atoms with van der Waals surface area (Å²) in [5, 5.41) is 20.6. The number of carbonyl (C=O) groups excluding carboxylic acids is 3. The molecule has 260 valence electrons. The second-order valence-corrected chi connectivity index (χ2v) is 14.7. The molecule has 0 radical (unpaired) electrons. The van der Waals surface area contributed by atoms with Gasteiger partial charge in [0.15, 0.2) is 0 Å². The number of alkyl carbamates (subject to hydrolysis) is 1. The van der Waals surface area contributed by atoms with E-state index >= 15 is 0 Å². The lowest BCUT2D eigenvalue weighted by atomic mass is 9.97. The van der Waals surface area contributed by atoms with Gasteiger partial charge in [0, 0.05) is 44.5 Å². The molecule has 1 aromatic heterocycles. The number of piperazine rings is 1. The van der Waals surface area contributed by atoms with Crippen molar-refractivity contribution in [3.8, 4) is 0 Å². The van der Waals surface area contributed by atoms with Gasteiger partial charge in [0.1, 0.15) is 18.7 Å². The summed E-state index contributed by atoms with van der Waals surface area (Å²) in [6, 6.07) is 17.7. The van der Waals surface area contributed by atoms with Gasteiger partial charge in [0.05, 0.1) is 22.5 Å². The zero-order valence-corrected chi connectivity index (χ0v) is 29.4. The van der Waals surface area contributed by atoms with E-state index in [0.29, 0.717) is 19.5 Å². The lowest BCUT2D eigenvalue weighted by Gasteiger charge is -2.43. The van der Waals surface area contributed by atoms with Crippen LogP contribution in [0.1, 0.15) is 50.6 Å². The highest BCUT2D eigenvalue weighted by molar-refractivity contribution is 7.09. The van der Waals surface area contributed by atoms with Crippen LogP contribution in [0.3, 0.4) is 0 Å². The summed E-state index contributed by atoms with van der Waals surface area (Å²) in [4.78, 5) is 49.1. The van der Waals surface area contributed by atoms with Crippen LogP contribution in [0.15, 0.2) is 72.4 Å². The number of amides is 3. The summed E-state index contributed by atoms with van der Waals surface area (Å²) in [7, 11) is 0. The first-order chi connectivity index (χ1) is 22.9. The maximum Gasteiger partial charge on any atom is 0.408 e. The van der Waals surface area contributed by atoms with Gasteiger partial charge in [-0.15, -0.1) is 11.3 Å². The van der Waals surface area contributed by atoms with E-state index in [4.69, 9.17) is 4.74 Å². The molecule has 4 N–H and O–H groups in total. The predicted octanol–water partition coefficient (Wildman–Crippen LogP) is 3.58. The quantitative estimate of drug-likeness (QED) is 0.203. The van der Waals surface area contributed by atoms with E-state index in [0.717, 1.165) is 23.5 Å². The molecule has 48 heavy (non-hydrogen) atoms. The smallest absolute Gasteiger partial charge is 0.408 e. The number of thiazole rings is 1. The van der Waals surface area contributed by atoms with E-state index in [-0.39, 0.29) is 25.0 Å². The van der Waals surface area contributed by atoms with Crippen molar-refractivity contribution >= 4 is 29.2 Å². The van der Waals surface area contributed by atoms with Crippen LogP contribution in [-0.4, -0.2) is 93.7 Å². The molecule has 0 unspecified atom stereocenters. The van der Waals surface area contributed by atoms with Crippen LogP contribution in [-0.2, 0) is 33.9 Å². The fourth-order valence-electron chi connectivity index (χ4n) is 5.73. The van der Waals surface area contributed by atoms with E-state index in [1.807, 2.05) is 88.0 Å². The van der Waals surface area contributed by atoms with E-state index in [1.165, 1.54) is 16.9 Å². The molecule has 12 heteroatoms. The third-order valence-corrected chi connectivity index (χ3v) is 8.94. The number of nitrogens with one attached hydrogen (secondary N) is 3. The van der Waals surface area contributed by atoms with Crippen molar-refractivity contribution in [1.29, 1.82) is 0 Å². The molecule has 0 aliphatic carbocycles. The second kappa shape index (κ2) is 17.5. The Balaban J connectivity index is 1.48. The van der Waals surface area contributed by atoms with Gasteiger partial charge in [0.25, 0.3) is 0 Å². The van der Waals surface area contributed by atoms with Gasteiger partial charge in [-0.05, 0) is 44.2 Å². The molecule has 2 heterocycles. The first kappa shape index (κ1) is 37.0. The molecular formula is C36H50N6O5S. The lowest BCUT2D eigenvalue weighted by molar-refractivity contribution is -0.132. The Morgan fingerprint density at radius 2 is 1.67 bits per heavy atom. The van der Waals surface area contributed by atoms with Gasteiger partial charge in [-0.2, -0.15) is 0 Å². The summed E-state index contributed by atoms with van der Waals surface area (Å²) < 4.78 is 5.32. The molecule has 0 spiro atoms. The molecule has 1 saturated heterocycles. The Bertz CT molecular complexity index is 1430. The van der Waals surface area contributed by atoms with Crippen molar-refractivity contribution in [2.24, 2.45) is 5.92 Å². The van der Waals surface area contributed by atoms with Crippen molar-refractivity contribution in [3.63, 3.8) is 0 Å². The molecule has 0 saturated carbocycles. The zero-order valence-electron chi connectivity index (χ0n) is 28.6. The first-order valence-electron chi connectivity index (χ1n) is 16.5. The van der Waals surface area contributed by atoms with Crippen LogP contribution in [0.25, 0.3) is 0 Å². The third kappa shape index (κ3) is 11.7. The lowest BCUT2D eigenvalue weighted by Crippen LogP contribution is -2.63. The summed E-state index contributed by atoms with van der Waals surface area (Å²) in [5.74, 6) is -0.773. The van der Waals surface area contributed by atoms with E-state index in [9.17, 15) is 19.5 Å². The van der Waals surface area contributed by atoms with Crippen molar-refractivity contribution < 1.29 is 24.2 Å². The Labute approximate surface area is 288 Å². The molecule has 0 bridgehead atoms. The van der Waals surface area contributed by atoms with Crippen molar-refractivity contribution in [2.75, 3.05) is 26.2 Å². The van der Waals surface area contributed by atoms with Crippen LogP contribution in [0.4, 0.5) is 4.79 Å². The molecule has 1 aliphatic heterocycles. The Morgan fingerprint density at radius 1 is 1.00 bits per heavy atom. The normalized spacial score (nSPS) is 17.7. The fourth-order valence-corrected chi connectivity index (χ4v) is 6.23. The number of β-amino-alcohol motifs (C(OH)–C–C–N with tert-alkyl or cyclic N) is 1. The van der Waals surface area contributed by atoms with Gasteiger partial charge in [-0.3, -0.25) is 24.4 Å². The number of aliphatic hydroxyl groups excluding tert-OH is 1. The number of benzene rings is 2. The number of rotatable bonds is 14. The van der Waals surface area contributed by atoms with E-state index < -0.39 is 41.8 Å². The Morgan fingerprint density at radius 3 is 2.27 bits per heavy atom. The molecule has 3 aromatic rings. The van der Waals surface area contributed by atoms with E-state index in [2.05, 4.69) is 38.0 Å². The van der Waals surface area contributed by atoms with Crippen molar-refractivity contribution in [1.82, 2.24) is 30.7 Å². The highest BCUT2D eigenvalue weighted by Crippen LogP contribution is 2.18. The van der Waals surface area contributed by atoms with E-state index in [1.54, 1.807) is 11.7 Å². The van der Waals surface area contributed by atoms with Crippen LogP contribution >= 0.6 is 11.3 Å². The zero-order chi connectivity index (χ0) is 34.7. The number of nitrogens with zero attached hydrogens (tertiary/aromatic N) is 3. The summed E-state index contributed by atoms with van der Waals surface area (Å²) >= 11 is 1.37. The minimum atomic E-state index is -1.01. The molecular weight excluding hydrogens is 629 g/mol. The first-order valence-corrected chi connectivity index (χ1v) is 17.4. The van der Waals surface area contributed by atoms with Gasteiger partial charge >= 0.3 is 6.09 Å².